The molecule has 3 rings (SSSR count). The molecule has 1 N–H and O–H groups in total. The molecule has 0 aliphatic carbocycles. The van der Waals surface area contributed by atoms with E-state index in [4.69, 9.17) is 0 Å². The van der Waals surface area contributed by atoms with E-state index in [0.29, 0.717) is 6.54 Å². The van der Waals surface area contributed by atoms with Gasteiger partial charge in [-0.3, -0.25) is 9.59 Å². The first kappa shape index (κ1) is 15.3. The Morgan fingerprint density at radius 2 is 1.70 bits per heavy atom. The molecular weight excluding hydrogens is 288 g/mol. The number of carbonyl (C=O) groups is 2. The zero-order valence-corrected chi connectivity index (χ0v) is 13.6. The van der Waals surface area contributed by atoms with Crippen molar-refractivity contribution in [1.82, 2.24) is 0 Å². The number of hydrogen-bond acceptors (Lipinski definition) is 2. The Morgan fingerprint density at radius 1 is 1.04 bits per heavy atom. The van der Waals surface area contributed by atoms with Crippen molar-refractivity contribution >= 4 is 23.2 Å². The van der Waals surface area contributed by atoms with Gasteiger partial charge >= 0.3 is 0 Å². The van der Waals surface area contributed by atoms with Gasteiger partial charge in [-0.1, -0.05) is 39.0 Å². The number of hydrogen-bond donors (Lipinski definition) is 1. The van der Waals surface area contributed by atoms with E-state index in [-0.39, 0.29) is 11.8 Å². The molecule has 0 unspecified atom stereocenters. The minimum Gasteiger partial charge on any atom is -0.326 e. The zero-order valence-electron chi connectivity index (χ0n) is 13.6. The standard InChI is InChI=1S/C19H20N2O2/c1-19(2,3)18(23)20-14-8-10-15(11-9-14)21-12-13-6-4-5-7-16(13)17(21)22/h4-11H,12H2,1-3H3,(H,20,23). The predicted molar refractivity (Wildman–Crippen MR) is 91.5 cm³/mol. The monoisotopic (exact) mass is 308 g/mol. The third-order valence-corrected chi connectivity index (χ3v) is 3.94. The Kier molecular flexibility index (Phi) is 3.68. The lowest BCUT2D eigenvalue weighted by Crippen LogP contribution is -2.27. The topological polar surface area (TPSA) is 49.4 Å². The van der Waals surface area contributed by atoms with Crippen molar-refractivity contribution < 1.29 is 9.59 Å². The summed E-state index contributed by atoms with van der Waals surface area (Å²) in [6, 6.07) is 15.0. The van der Waals surface area contributed by atoms with E-state index < -0.39 is 5.41 Å². The lowest BCUT2D eigenvalue weighted by Gasteiger charge is -2.19. The van der Waals surface area contributed by atoms with Gasteiger partial charge in [-0.25, -0.2) is 0 Å². The smallest absolute Gasteiger partial charge is 0.258 e. The van der Waals surface area contributed by atoms with E-state index >= 15 is 0 Å². The van der Waals surface area contributed by atoms with Gasteiger partial charge in [0.05, 0.1) is 6.54 Å². The van der Waals surface area contributed by atoms with Gasteiger partial charge in [0.15, 0.2) is 0 Å². The Morgan fingerprint density at radius 3 is 2.30 bits per heavy atom. The second-order valence-corrected chi connectivity index (χ2v) is 6.80. The van der Waals surface area contributed by atoms with Crippen LogP contribution in [-0.2, 0) is 11.3 Å². The van der Waals surface area contributed by atoms with Crippen molar-refractivity contribution in [2.45, 2.75) is 27.3 Å². The molecule has 118 valence electrons. The molecule has 0 atom stereocenters. The first-order chi connectivity index (χ1) is 10.9. The highest BCUT2D eigenvalue weighted by Crippen LogP contribution is 2.29. The fourth-order valence-electron chi connectivity index (χ4n) is 2.51. The first-order valence-corrected chi connectivity index (χ1v) is 7.67. The largest absolute Gasteiger partial charge is 0.326 e. The number of nitrogens with zero attached hydrogens (tertiary/aromatic N) is 1. The van der Waals surface area contributed by atoms with Crippen LogP contribution < -0.4 is 10.2 Å². The molecule has 23 heavy (non-hydrogen) atoms. The maximum Gasteiger partial charge on any atom is 0.258 e. The second kappa shape index (κ2) is 5.54. The molecule has 0 aromatic heterocycles. The number of carbonyl (C=O) groups excluding carboxylic acids is 2. The van der Waals surface area contributed by atoms with Gasteiger partial charge in [0.2, 0.25) is 5.91 Å². The Hall–Kier alpha value is -2.62. The van der Waals surface area contributed by atoms with Crippen LogP contribution in [0.5, 0.6) is 0 Å². The molecule has 2 aromatic rings. The Bertz CT molecular complexity index is 758. The molecule has 0 bridgehead atoms. The van der Waals surface area contributed by atoms with Crippen molar-refractivity contribution in [2.24, 2.45) is 5.41 Å². The van der Waals surface area contributed by atoms with Gasteiger partial charge in [0.25, 0.3) is 5.91 Å². The summed E-state index contributed by atoms with van der Waals surface area (Å²) < 4.78 is 0. The number of rotatable bonds is 2. The molecule has 4 nitrogen and oxygen atoms in total. The summed E-state index contributed by atoms with van der Waals surface area (Å²) in [4.78, 5) is 26.2. The normalized spacial score (nSPS) is 13.9. The van der Waals surface area contributed by atoms with Crippen LogP contribution in [0.25, 0.3) is 0 Å². The molecule has 0 spiro atoms. The minimum atomic E-state index is -0.439. The first-order valence-electron chi connectivity index (χ1n) is 7.67. The van der Waals surface area contributed by atoms with E-state index in [1.165, 1.54) is 0 Å². The van der Waals surface area contributed by atoms with Gasteiger partial charge in [-0.2, -0.15) is 0 Å². The van der Waals surface area contributed by atoms with Crippen molar-refractivity contribution in [2.75, 3.05) is 10.2 Å². The summed E-state index contributed by atoms with van der Waals surface area (Å²) in [6.45, 7) is 6.20. The molecule has 0 saturated heterocycles. The lowest BCUT2D eigenvalue weighted by molar-refractivity contribution is -0.123. The van der Waals surface area contributed by atoms with Crippen LogP contribution in [0.4, 0.5) is 11.4 Å². The summed E-state index contributed by atoms with van der Waals surface area (Å²) in [7, 11) is 0. The fraction of sp³-hybridized carbons (Fsp3) is 0.263. The molecule has 0 radical (unpaired) electrons. The van der Waals surface area contributed by atoms with Gasteiger partial charge in [0, 0.05) is 22.4 Å². The summed E-state index contributed by atoms with van der Waals surface area (Å²) >= 11 is 0. The number of fused-ring (bicyclic) bond motifs is 1. The summed E-state index contributed by atoms with van der Waals surface area (Å²) in [5.41, 5.74) is 2.93. The summed E-state index contributed by atoms with van der Waals surface area (Å²) in [5, 5.41) is 2.89. The highest BCUT2D eigenvalue weighted by molar-refractivity contribution is 6.10. The van der Waals surface area contributed by atoms with E-state index in [0.717, 1.165) is 22.5 Å². The second-order valence-electron chi connectivity index (χ2n) is 6.80. The third kappa shape index (κ3) is 2.97. The molecule has 1 heterocycles. The van der Waals surface area contributed by atoms with Crippen LogP contribution in [0.15, 0.2) is 48.5 Å². The van der Waals surface area contributed by atoms with Crippen LogP contribution in [0.2, 0.25) is 0 Å². The highest BCUT2D eigenvalue weighted by atomic mass is 16.2. The number of amides is 2. The SMILES string of the molecule is CC(C)(C)C(=O)Nc1ccc(N2Cc3ccccc3C2=O)cc1. The minimum absolute atomic E-state index is 0.0204. The van der Waals surface area contributed by atoms with Crippen LogP contribution >= 0.6 is 0 Å². The Balaban J connectivity index is 1.77. The molecule has 1 aliphatic rings. The molecular formula is C19H20N2O2. The molecule has 0 fully saturated rings. The zero-order chi connectivity index (χ0) is 16.6. The summed E-state index contributed by atoms with van der Waals surface area (Å²) in [5.74, 6) is -0.0121. The van der Waals surface area contributed by atoms with Gasteiger partial charge in [-0.15, -0.1) is 0 Å². The molecule has 1 aliphatic heterocycles. The average molecular weight is 308 g/mol. The molecule has 2 amide bonds. The van der Waals surface area contributed by atoms with Crippen molar-refractivity contribution in [3.8, 4) is 0 Å². The predicted octanol–water partition coefficient (Wildman–Crippen LogP) is 3.83. The van der Waals surface area contributed by atoms with Gasteiger partial charge in [0.1, 0.15) is 0 Å². The lowest BCUT2D eigenvalue weighted by atomic mass is 9.95. The fourth-order valence-corrected chi connectivity index (χ4v) is 2.51. The van der Waals surface area contributed by atoms with Crippen molar-refractivity contribution in [3.63, 3.8) is 0 Å². The van der Waals surface area contributed by atoms with Crippen LogP contribution in [0, 0.1) is 5.41 Å². The van der Waals surface area contributed by atoms with E-state index in [1.807, 2.05) is 69.3 Å². The highest BCUT2D eigenvalue weighted by Gasteiger charge is 2.28. The number of nitrogens with one attached hydrogen (secondary N) is 1. The van der Waals surface area contributed by atoms with Crippen LogP contribution in [0.3, 0.4) is 0 Å². The Labute approximate surface area is 136 Å². The van der Waals surface area contributed by atoms with E-state index in [1.54, 1.807) is 4.90 Å². The number of benzene rings is 2. The maximum absolute atomic E-state index is 12.4. The van der Waals surface area contributed by atoms with Gasteiger partial charge < -0.3 is 10.2 Å². The molecule has 4 heteroatoms. The number of anilines is 2. The van der Waals surface area contributed by atoms with Crippen molar-refractivity contribution in [1.29, 1.82) is 0 Å². The summed E-state index contributed by atoms with van der Waals surface area (Å²) in [6.07, 6.45) is 0. The average Bonchev–Trinajstić information content (AvgIpc) is 2.85. The van der Waals surface area contributed by atoms with Crippen molar-refractivity contribution in [3.05, 3.63) is 59.7 Å². The molecule has 2 aromatic carbocycles. The van der Waals surface area contributed by atoms with Gasteiger partial charge in [-0.05, 0) is 35.9 Å². The van der Waals surface area contributed by atoms with E-state index in [2.05, 4.69) is 5.32 Å². The maximum atomic E-state index is 12.4. The van der Waals surface area contributed by atoms with E-state index in [9.17, 15) is 9.59 Å². The van der Waals surface area contributed by atoms with Crippen LogP contribution in [-0.4, -0.2) is 11.8 Å². The third-order valence-electron chi connectivity index (χ3n) is 3.94. The quantitative estimate of drug-likeness (QED) is 0.916. The van der Waals surface area contributed by atoms with Crippen LogP contribution in [0.1, 0.15) is 36.7 Å². The molecule has 0 saturated carbocycles.